The van der Waals surface area contributed by atoms with E-state index in [4.69, 9.17) is 9.47 Å². The van der Waals surface area contributed by atoms with Crippen LogP contribution in [-0.4, -0.2) is 115 Å². The number of amides is 4. The minimum absolute atomic E-state index is 0.0134. The van der Waals surface area contributed by atoms with Crippen molar-refractivity contribution in [1.82, 2.24) is 25.8 Å². The lowest BCUT2D eigenvalue weighted by atomic mass is 9.89. The van der Waals surface area contributed by atoms with Crippen molar-refractivity contribution >= 4 is 23.6 Å². The van der Waals surface area contributed by atoms with E-state index in [1.54, 1.807) is 40.0 Å². The molecule has 1 aromatic rings. The highest BCUT2D eigenvalue weighted by molar-refractivity contribution is 5.90. The van der Waals surface area contributed by atoms with Gasteiger partial charge in [0, 0.05) is 27.3 Å². The molecule has 0 radical (unpaired) electrons. The second-order valence-corrected chi connectivity index (χ2v) is 15.2. The standard InChI is InChI=1S/C40H69N5O7/c1-13-26(7)35(44(11)40(50)34(25(5)6)43-39(49)33(41-10)24(3)4)31(52-14-2)23-32(46)45-22-18-21-30(45)37(51-12)27(8)38(48)42-28(9)36(47)29-19-16-15-17-20-29/h15-17,19-20,24-28,30-31,33-37,41,47H,13-14,18,21-23H2,1-12H3,(H,42,48)(H,43,49)/t26-,27+,28+,30-,31+,33-,34-,35-,36+,37+/m0/s1. The fourth-order valence-corrected chi connectivity index (χ4v) is 7.57. The van der Waals surface area contributed by atoms with Crippen LogP contribution in [0.5, 0.6) is 0 Å². The van der Waals surface area contributed by atoms with E-state index < -0.39 is 48.4 Å². The number of benzene rings is 1. The van der Waals surface area contributed by atoms with Gasteiger partial charge < -0.3 is 40.3 Å². The Morgan fingerprint density at radius 3 is 2.08 bits per heavy atom. The molecule has 0 saturated carbocycles. The molecule has 1 heterocycles. The van der Waals surface area contributed by atoms with Gasteiger partial charge in [-0.3, -0.25) is 19.2 Å². The number of likely N-dealkylation sites (tertiary alicyclic amines) is 1. The molecule has 0 bridgehead atoms. The summed E-state index contributed by atoms with van der Waals surface area (Å²) in [5, 5.41) is 19.8. The molecule has 296 valence electrons. The van der Waals surface area contributed by atoms with Crippen LogP contribution >= 0.6 is 0 Å². The summed E-state index contributed by atoms with van der Waals surface area (Å²) in [4.78, 5) is 58.6. The van der Waals surface area contributed by atoms with Crippen LogP contribution in [0.4, 0.5) is 0 Å². The highest BCUT2D eigenvalue weighted by Crippen LogP contribution is 2.30. The zero-order chi connectivity index (χ0) is 39.3. The number of carbonyl (C=O) groups is 4. The Balaban J connectivity index is 2.28. The molecule has 4 amide bonds. The zero-order valence-corrected chi connectivity index (χ0v) is 33.8. The van der Waals surface area contributed by atoms with Crippen molar-refractivity contribution in [2.45, 2.75) is 137 Å². The van der Waals surface area contributed by atoms with Crippen molar-refractivity contribution in [2.75, 3.05) is 34.4 Å². The maximum atomic E-state index is 14.2. The van der Waals surface area contributed by atoms with Crippen molar-refractivity contribution in [1.29, 1.82) is 0 Å². The number of nitrogens with one attached hydrogen (secondary N) is 3. The number of aliphatic hydroxyl groups is 1. The number of hydrogen-bond donors (Lipinski definition) is 4. The first-order valence-corrected chi connectivity index (χ1v) is 19.3. The summed E-state index contributed by atoms with van der Waals surface area (Å²) in [6, 6.07) is 6.68. The average Bonchev–Trinajstić information content (AvgIpc) is 3.60. The Hall–Kier alpha value is -3.06. The fourth-order valence-electron chi connectivity index (χ4n) is 7.57. The molecule has 1 aliphatic rings. The Labute approximate surface area is 313 Å². The Bertz CT molecular complexity index is 1260. The zero-order valence-electron chi connectivity index (χ0n) is 33.8. The molecule has 1 aliphatic heterocycles. The predicted octanol–water partition coefficient (Wildman–Crippen LogP) is 3.92. The molecule has 0 aliphatic carbocycles. The van der Waals surface area contributed by atoms with Gasteiger partial charge in [0.15, 0.2) is 0 Å². The first-order valence-electron chi connectivity index (χ1n) is 19.3. The summed E-state index contributed by atoms with van der Waals surface area (Å²) in [7, 11) is 5.04. The molecule has 0 unspecified atom stereocenters. The lowest BCUT2D eigenvalue weighted by Crippen LogP contribution is -2.59. The minimum atomic E-state index is -0.876. The highest BCUT2D eigenvalue weighted by atomic mass is 16.5. The van der Waals surface area contributed by atoms with E-state index >= 15 is 0 Å². The van der Waals surface area contributed by atoms with Crippen molar-refractivity contribution in [3.05, 3.63) is 35.9 Å². The number of methoxy groups -OCH3 is 1. The number of nitrogens with zero attached hydrogens (tertiary/aromatic N) is 2. The number of likely N-dealkylation sites (N-methyl/N-ethyl adjacent to an activating group) is 2. The van der Waals surface area contributed by atoms with Gasteiger partial charge in [0.25, 0.3) is 0 Å². The van der Waals surface area contributed by atoms with Crippen LogP contribution in [0.1, 0.15) is 99.7 Å². The summed E-state index contributed by atoms with van der Waals surface area (Å²) >= 11 is 0. The van der Waals surface area contributed by atoms with Gasteiger partial charge in [-0.25, -0.2) is 0 Å². The van der Waals surface area contributed by atoms with Gasteiger partial charge in [-0.05, 0) is 57.1 Å². The first kappa shape index (κ1) is 45.1. The van der Waals surface area contributed by atoms with Crippen LogP contribution in [-0.2, 0) is 28.7 Å². The van der Waals surface area contributed by atoms with Gasteiger partial charge in [0.05, 0.1) is 54.8 Å². The smallest absolute Gasteiger partial charge is 0.245 e. The molecular formula is C40H69N5O7. The van der Waals surface area contributed by atoms with E-state index in [0.717, 1.165) is 12.8 Å². The van der Waals surface area contributed by atoms with Crippen LogP contribution < -0.4 is 16.0 Å². The number of carbonyl (C=O) groups excluding carboxylic acids is 4. The van der Waals surface area contributed by atoms with Crippen LogP contribution in [0.2, 0.25) is 0 Å². The predicted molar refractivity (Wildman–Crippen MR) is 204 cm³/mol. The van der Waals surface area contributed by atoms with E-state index in [2.05, 4.69) is 29.8 Å². The average molecular weight is 732 g/mol. The minimum Gasteiger partial charge on any atom is -0.386 e. The maximum Gasteiger partial charge on any atom is 0.245 e. The van der Waals surface area contributed by atoms with Gasteiger partial charge in [-0.1, -0.05) is 85.2 Å². The third kappa shape index (κ3) is 11.7. The summed E-state index contributed by atoms with van der Waals surface area (Å²) in [6.45, 7) is 18.1. The third-order valence-electron chi connectivity index (χ3n) is 10.8. The largest absolute Gasteiger partial charge is 0.386 e. The lowest BCUT2D eigenvalue weighted by molar-refractivity contribution is -0.149. The van der Waals surface area contributed by atoms with Gasteiger partial charge in [0.2, 0.25) is 23.6 Å². The molecular weight excluding hydrogens is 662 g/mol. The fraction of sp³-hybridized carbons (Fsp3) is 0.750. The van der Waals surface area contributed by atoms with Crippen molar-refractivity contribution < 1.29 is 33.8 Å². The van der Waals surface area contributed by atoms with Crippen molar-refractivity contribution in [3.63, 3.8) is 0 Å². The Morgan fingerprint density at radius 1 is 0.942 bits per heavy atom. The molecule has 2 rings (SSSR count). The van der Waals surface area contributed by atoms with E-state index in [0.29, 0.717) is 25.1 Å². The molecule has 10 atom stereocenters. The molecule has 52 heavy (non-hydrogen) atoms. The molecule has 1 saturated heterocycles. The molecule has 0 aromatic heterocycles. The van der Waals surface area contributed by atoms with Gasteiger partial charge >= 0.3 is 0 Å². The summed E-state index contributed by atoms with van der Waals surface area (Å²) < 4.78 is 12.2. The summed E-state index contributed by atoms with van der Waals surface area (Å²) in [5.41, 5.74) is 0.712. The van der Waals surface area contributed by atoms with Gasteiger partial charge in [0.1, 0.15) is 6.04 Å². The summed E-state index contributed by atoms with van der Waals surface area (Å²) in [5.74, 6) is -1.60. The number of rotatable bonds is 21. The molecule has 1 aromatic carbocycles. The SMILES string of the molecule is CCO[C@H](CC(=O)N1CCC[C@H]1[C@H](OC)[C@@H](C)C(=O)N[C@H](C)[C@@H](O)c1ccccc1)[C@H]([C@@H](C)CC)N(C)C(=O)[C@@H](NC(=O)[C@@H](NC)C(C)C)C(C)C. The lowest BCUT2D eigenvalue weighted by Gasteiger charge is -2.41. The van der Waals surface area contributed by atoms with E-state index in [1.807, 2.05) is 69.9 Å². The van der Waals surface area contributed by atoms with Gasteiger partial charge in [-0.15, -0.1) is 0 Å². The van der Waals surface area contributed by atoms with Crippen LogP contribution in [0.3, 0.4) is 0 Å². The number of ether oxygens (including phenoxy) is 2. The topological polar surface area (TPSA) is 150 Å². The Kier molecular flexibility index (Phi) is 18.7. The molecule has 1 fully saturated rings. The molecule has 12 nitrogen and oxygen atoms in total. The van der Waals surface area contributed by atoms with Gasteiger partial charge in [-0.2, -0.15) is 0 Å². The third-order valence-corrected chi connectivity index (χ3v) is 10.8. The summed E-state index contributed by atoms with van der Waals surface area (Å²) in [6.07, 6.45) is 0.178. The van der Waals surface area contributed by atoms with E-state index in [9.17, 15) is 24.3 Å². The van der Waals surface area contributed by atoms with Crippen LogP contribution in [0.25, 0.3) is 0 Å². The van der Waals surface area contributed by atoms with E-state index in [1.165, 1.54) is 0 Å². The second kappa shape index (κ2) is 21.6. The quantitative estimate of drug-likeness (QED) is 0.149. The van der Waals surface area contributed by atoms with Crippen molar-refractivity contribution in [2.24, 2.45) is 23.7 Å². The molecule has 0 spiro atoms. The normalized spacial score (nSPS) is 20.0. The second-order valence-electron chi connectivity index (χ2n) is 15.2. The van der Waals surface area contributed by atoms with Crippen LogP contribution in [0, 0.1) is 23.7 Å². The number of hydrogen-bond acceptors (Lipinski definition) is 8. The van der Waals surface area contributed by atoms with E-state index in [-0.39, 0.29) is 53.8 Å². The molecule has 12 heteroatoms. The van der Waals surface area contributed by atoms with Crippen molar-refractivity contribution in [3.8, 4) is 0 Å². The highest BCUT2D eigenvalue weighted by Gasteiger charge is 2.43. The molecule has 4 N–H and O–H groups in total. The maximum absolute atomic E-state index is 14.2. The monoisotopic (exact) mass is 732 g/mol. The Morgan fingerprint density at radius 2 is 1.56 bits per heavy atom. The van der Waals surface area contributed by atoms with Crippen LogP contribution in [0.15, 0.2) is 30.3 Å². The number of aliphatic hydroxyl groups excluding tert-OH is 1. The first-order chi connectivity index (χ1) is 24.5.